The number of carbonyl (C=O) groups is 3. The molecule has 1 saturated carbocycles. The van der Waals surface area contributed by atoms with Crippen LogP contribution in [0.2, 0.25) is 0 Å². The number of carboxylic acids is 1. The minimum Gasteiger partial charge on any atom is -0.504 e. The molecule has 3 rings (SSSR count). The lowest BCUT2D eigenvalue weighted by Crippen LogP contribution is -2.58. The number of aliphatic hydroxyl groups is 2. The number of phenols is 3. The molecule has 1 fully saturated rings. The predicted molar refractivity (Wildman–Crippen MR) is 130 cm³/mol. The zero-order chi connectivity index (χ0) is 28.0. The van der Waals surface area contributed by atoms with E-state index in [4.69, 9.17) is 14.2 Å². The van der Waals surface area contributed by atoms with Crippen LogP contribution in [-0.2, 0) is 23.9 Å². The van der Waals surface area contributed by atoms with Crippen molar-refractivity contribution in [3.05, 3.63) is 59.7 Å². The Bertz CT molecular complexity index is 1270. The molecule has 2 aromatic carbocycles. The van der Waals surface area contributed by atoms with Crippen molar-refractivity contribution in [3.63, 3.8) is 0 Å². The number of ether oxygens (including phenoxy) is 3. The van der Waals surface area contributed by atoms with E-state index in [0.717, 1.165) is 12.2 Å². The number of benzene rings is 2. The normalized spacial score (nSPS) is 23.3. The van der Waals surface area contributed by atoms with Crippen molar-refractivity contribution in [2.45, 2.75) is 36.8 Å². The van der Waals surface area contributed by atoms with Gasteiger partial charge in [-0.2, -0.15) is 0 Å². The second-order valence-electron chi connectivity index (χ2n) is 8.54. The van der Waals surface area contributed by atoms with E-state index in [1.54, 1.807) is 0 Å². The van der Waals surface area contributed by atoms with Gasteiger partial charge in [-0.3, -0.25) is 0 Å². The number of methoxy groups -OCH3 is 1. The molecule has 0 spiro atoms. The molecular weight excluding hydrogens is 504 g/mol. The third-order valence-electron chi connectivity index (χ3n) is 5.78. The van der Waals surface area contributed by atoms with Crippen molar-refractivity contribution in [2.75, 3.05) is 7.11 Å². The van der Waals surface area contributed by atoms with Crippen LogP contribution in [0.4, 0.5) is 0 Å². The Morgan fingerprint density at radius 3 is 2.03 bits per heavy atom. The first kappa shape index (κ1) is 28.0. The van der Waals surface area contributed by atoms with Crippen LogP contribution in [0.3, 0.4) is 0 Å². The Labute approximate surface area is 216 Å². The highest BCUT2D eigenvalue weighted by Gasteiger charge is 2.52. The minimum absolute atomic E-state index is 0.107. The third kappa shape index (κ3) is 6.81. The Morgan fingerprint density at radius 2 is 1.45 bits per heavy atom. The summed E-state index contributed by atoms with van der Waals surface area (Å²) < 4.78 is 15.5. The summed E-state index contributed by atoms with van der Waals surface area (Å²) in [5.74, 6) is -4.36. The van der Waals surface area contributed by atoms with E-state index in [1.807, 2.05) is 0 Å². The molecule has 0 aromatic heterocycles. The molecule has 1 aliphatic rings. The summed E-state index contributed by atoms with van der Waals surface area (Å²) >= 11 is 0. The highest BCUT2D eigenvalue weighted by Crippen LogP contribution is 2.33. The predicted octanol–water partition coefficient (Wildman–Crippen LogP) is 1.33. The third-order valence-corrected chi connectivity index (χ3v) is 5.78. The maximum atomic E-state index is 12.5. The van der Waals surface area contributed by atoms with Crippen molar-refractivity contribution in [1.82, 2.24) is 0 Å². The lowest BCUT2D eigenvalue weighted by molar-refractivity contribution is -0.204. The molecule has 38 heavy (non-hydrogen) atoms. The smallest absolute Gasteiger partial charge is 0.335 e. The topological polar surface area (TPSA) is 200 Å². The van der Waals surface area contributed by atoms with Crippen molar-refractivity contribution in [1.29, 1.82) is 0 Å². The van der Waals surface area contributed by atoms with E-state index in [1.165, 1.54) is 55.7 Å². The summed E-state index contributed by atoms with van der Waals surface area (Å²) in [5.41, 5.74) is -1.66. The van der Waals surface area contributed by atoms with E-state index in [9.17, 15) is 45.0 Å². The summed E-state index contributed by atoms with van der Waals surface area (Å²) in [6.07, 6.45) is -1.56. The number of hydrogen-bond acceptors (Lipinski definition) is 11. The molecule has 1 aliphatic carbocycles. The number of phenolic OH excluding ortho intramolecular Hbond substituents is 3. The van der Waals surface area contributed by atoms with E-state index >= 15 is 0 Å². The Kier molecular flexibility index (Phi) is 8.61. The van der Waals surface area contributed by atoms with Crippen molar-refractivity contribution in [3.8, 4) is 23.0 Å². The van der Waals surface area contributed by atoms with Gasteiger partial charge in [-0.15, -0.1) is 0 Å². The zero-order valence-corrected chi connectivity index (χ0v) is 20.1. The van der Waals surface area contributed by atoms with E-state index in [2.05, 4.69) is 0 Å². The van der Waals surface area contributed by atoms with Gasteiger partial charge in [-0.05, 0) is 47.5 Å². The zero-order valence-electron chi connectivity index (χ0n) is 20.1. The monoisotopic (exact) mass is 530 g/mol. The first-order valence-electron chi connectivity index (χ1n) is 11.2. The highest BCUT2D eigenvalue weighted by atomic mass is 16.6. The van der Waals surface area contributed by atoms with E-state index < -0.39 is 60.4 Å². The number of rotatable bonds is 8. The summed E-state index contributed by atoms with van der Waals surface area (Å²) in [7, 11) is 1.35. The maximum absolute atomic E-state index is 12.5. The van der Waals surface area contributed by atoms with Crippen LogP contribution in [0.25, 0.3) is 12.2 Å². The van der Waals surface area contributed by atoms with Crippen LogP contribution < -0.4 is 4.74 Å². The van der Waals surface area contributed by atoms with Crippen LogP contribution in [0.15, 0.2) is 48.6 Å². The first-order chi connectivity index (χ1) is 17.9. The standard InChI is InChI=1S/C26H26O12/c1-36-20-11-15(3-7-17(20)28)5-9-23(32)38-24-19(30)12-26(35,25(33)34)13-21(24)37-22(31)8-4-14-2-6-16(27)18(29)10-14/h2-11,19,21,24,27-30,35H,12-13H2,1H3,(H,33,34)/b8-4+,9-5+/t19-,21-,24+,26-/m1/s1. The largest absolute Gasteiger partial charge is 0.504 e. The Balaban J connectivity index is 1.75. The molecule has 2 aromatic rings. The summed E-state index contributed by atoms with van der Waals surface area (Å²) in [6, 6.07) is 8.06. The average Bonchev–Trinajstić information content (AvgIpc) is 2.86. The minimum atomic E-state index is -2.45. The van der Waals surface area contributed by atoms with Crippen LogP contribution in [0.5, 0.6) is 23.0 Å². The van der Waals surface area contributed by atoms with Gasteiger partial charge in [0, 0.05) is 25.0 Å². The fourth-order valence-corrected chi connectivity index (χ4v) is 3.81. The fraction of sp³-hybridized carbons (Fsp3) is 0.269. The molecule has 6 N–H and O–H groups in total. The van der Waals surface area contributed by atoms with Gasteiger partial charge in [0.15, 0.2) is 34.7 Å². The van der Waals surface area contributed by atoms with Gasteiger partial charge in [-0.1, -0.05) is 12.1 Å². The van der Waals surface area contributed by atoms with Gasteiger partial charge in [-0.25, -0.2) is 14.4 Å². The maximum Gasteiger partial charge on any atom is 0.335 e. The number of carboxylic acid groups (broad SMARTS) is 1. The van der Waals surface area contributed by atoms with Gasteiger partial charge >= 0.3 is 17.9 Å². The number of aromatic hydroxyl groups is 3. The lowest BCUT2D eigenvalue weighted by atomic mass is 9.79. The first-order valence-corrected chi connectivity index (χ1v) is 11.2. The van der Waals surface area contributed by atoms with Gasteiger partial charge in [0.1, 0.15) is 6.10 Å². The van der Waals surface area contributed by atoms with Crippen LogP contribution in [-0.4, -0.2) is 79.6 Å². The highest BCUT2D eigenvalue weighted by molar-refractivity contribution is 5.88. The van der Waals surface area contributed by atoms with Crippen molar-refractivity contribution in [2.24, 2.45) is 0 Å². The summed E-state index contributed by atoms with van der Waals surface area (Å²) in [5, 5.41) is 58.9. The summed E-state index contributed by atoms with van der Waals surface area (Å²) in [6.45, 7) is 0. The number of hydrogen-bond donors (Lipinski definition) is 6. The van der Waals surface area contributed by atoms with Gasteiger partial charge < -0.3 is 44.8 Å². The second-order valence-corrected chi connectivity index (χ2v) is 8.54. The van der Waals surface area contributed by atoms with Crippen LogP contribution in [0.1, 0.15) is 24.0 Å². The molecule has 12 heteroatoms. The van der Waals surface area contributed by atoms with Crippen molar-refractivity contribution >= 4 is 30.1 Å². The molecule has 0 heterocycles. The molecule has 0 bridgehead atoms. The molecule has 0 unspecified atom stereocenters. The van der Waals surface area contributed by atoms with Gasteiger partial charge in [0.25, 0.3) is 0 Å². The molecular formula is C26H26O12. The number of esters is 2. The molecule has 0 radical (unpaired) electrons. The van der Waals surface area contributed by atoms with Crippen LogP contribution >= 0.6 is 0 Å². The molecule has 4 atom stereocenters. The van der Waals surface area contributed by atoms with E-state index in [-0.39, 0.29) is 17.2 Å². The van der Waals surface area contributed by atoms with Gasteiger partial charge in [0.05, 0.1) is 13.2 Å². The molecule has 0 saturated heterocycles. The fourth-order valence-electron chi connectivity index (χ4n) is 3.81. The molecule has 202 valence electrons. The average molecular weight is 530 g/mol. The van der Waals surface area contributed by atoms with E-state index in [0.29, 0.717) is 11.1 Å². The SMILES string of the molecule is COc1cc(/C=C/C(=O)O[C@H]2[C@H](O)C[C@](O)(C(=O)O)C[C@H]2OC(=O)/C=C/c2ccc(O)c(O)c2)ccc1O. The summed E-state index contributed by atoms with van der Waals surface area (Å²) in [4.78, 5) is 36.5. The van der Waals surface area contributed by atoms with Crippen molar-refractivity contribution < 1.29 is 59.2 Å². The molecule has 12 nitrogen and oxygen atoms in total. The lowest BCUT2D eigenvalue weighted by Gasteiger charge is -2.40. The Hall–Kier alpha value is -4.55. The number of carbonyl (C=O) groups excluding carboxylic acids is 2. The second kappa shape index (κ2) is 11.7. The number of aliphatic carboxylic acids is 1. The van der Waals surface area contributed by atoms with Gasteiger partial charge in [0.2, 0.25) is 0 Å². The quantitative estimate of drug-likeness (QED) is 0.163. The Morgan fingerprint density at radius 1 is 0.868 bits per heavy atom. The number of aliphatic hydroxyl groups excluding tert-OH is 1. The molecule has 0 amide bonds. The van der Waals surface area contributed by atoms with Crippen LogP contribution in [0, 0.1) is 0 Å². The molecule has 0 aliphatic heterocycles.